The largest absolute Gasteiger partial charge is 0.0744 e. The van der Waals surface area contributed by atoms with Gasteiger partial charge in [-0.25, -0.2) is 0 Å². The van der Waals surface area contributed by atoms with E-state index >= 15 is 0 Å². The Bertz CT molecular complexity index is 294. The summed E-state index contributed by atoms with van der Waals surface area (Å²) in [5.74, 6) is 0. The van der Waals surface area contributed by atoms with E-state index in [9.17, 15) is 0 Å². The minimum absolute atomic E-state index is 0.437. The van der Waals surface area contributed by atoms with Crippen molar-refractivity contribution < 1.29 is 0 Å². The maximum absolute atomic E-state index is 2.56. The van der Waals surface area contributed by atoms with Crippen molar-refractivity contribution in [1.29, 1.82) is 0 Å². The number of allylic oxidation sites excluding steroid dienone is 4. The highest BCUT2D eigenvalue weighted by atomic mass is 28.3. The van der Waals surface area contributed by atoms with Crippen LogP contribution in [-0.2, 0) is 0 Å². The van der Waals surface area contributed by atoms with Crippen LogP contribution in [0.25, 0.3) is 0 Å². The normalized spacial score (nSPS) is 34.9. The SMILES string of the molecule is CC1=CC(C)([SiH]2CCC2)C(C)=C1C. The van der Waals surface area contributed by atoms with E-state index < -0.39 is 8.80 Å². The molecule has 0 bridgehead atoms. The van der Waals surface area contributed by atoms with Crippen LogP contribution in [0, 0.1) is 0 Å². The number of hydrogen-bond donors (Lipinski definition) is 0. The standard InChI is InChI=1S/C12H20Si/c1-9-8-12(4,11(3)10(9)2)13-6-5-7-13/h8,13H,5-7H2,1-4H3. The fraction of sp³-hybridized carbons (Fsp3) is 0.667. The molecule has 2 rings (SSSR count). The van der Waals surface area contributed by atoms with E-state index in [0.717, 1.165) is 0 Å². The lowest BCUT2D eigenvalue weighted by molar-refractivity contribution is 0.784. The van der Waals surface area contributed by atoms with Gasteiger partial charge in [-0.3, -0.25) is 0 Å². The second-order valence-corrected chi connectivity index (χ2v) is 8.74. The number of rotatable bonds is 1. The van der Waals surface area contributed by atoms with Crippen molar-refractivity contribution >= 4 is 8.80 Å². The van der Waals surface area contributed by atoms with Gasteiger partial charge in [0.2, 0.25) is 0 Å². The molecule has 1 atom stereocenters. The monoisotopic (exact) mass is 192 g/mol. The van der Waals surface area contributed by atoms with E-state index in [1.54, 1.807) is 28.8 Å². The van der Waals surface area contributed by atoms with Crippen LogP contribution < -0.4 is 0 Å². The fourth-order valence-electron chi connectivity index (χ4n) is 2.80. The zero-order valence-corrected chi connectivity index (χ0v) is 10.4. The van der Waals surface area contributed by atoms with Gasteiger partial charge in [0, 0.05) is 0 Å². The smallest absolute Gasteiger partial charge is 0.0528 e. The van der Waals surface area contributed by atoms with Crippen LogP contribution >= 0.6 is 0 Å². The second kappa shape index (κ2) is 2.84. The topological polar surface area (TPSA) is 0 Å². The molecular weight excluding hydrogens is 172 g/mol. The third-order valence-electron chi connectivity index (χ3n) is 4.43. The first-order valence-corrected chi connectivity index (χ1v) is 7.64. The molecule has 0 N–H and O–H groups in total. The summed E-state index contributed by atoms with van der Waals surface area (Å²) in [4.78, 5) is 0. The Morgan fingerprint density at radius 2 is 1.85 bits per heavy atom. The summed E-state index contributed by atoms with van der Waals surface area (Å²) in [6.07, 6.45) is 4.07. The molecule has 1 fully saturated rings. The van der Waals surface area contributed by atoms with Gasteiger partial charge in [0.05, 0.1) is 8.80 Å². The highest BCUT2D eigenvalue weighted by Crippen LogP contribution is 2.53. The average molecular weight is 192 g/mol. The predicted octanol–water partition coefficient (Wildman–Crippen LogP) is 3.67. The van der Waals surface area contributed by atoms with Crippen molar-refractivity contribution in [1.82, 2.24) is 0 Å². The van der Waals surface area contributed by atoms with Gasteiger partial charge < -0.3 is 0 Å². The summed E-state index contributed by atoms with van der Waals surface area (Å²) in [5, 5.41) is 0.548. The van der Waals surface area contributed by atoms with E-state index in [2.05, 4.69) is 33.8 Å². The maximum atomic E-state index is 2.56. The first kappa shape index (κ1) is 9.26. The molecule has 0 radical (unpaired) electrons. The van der Waals surface area contributed by atoms with Crippen molar-refractivity contribution in [3.05, 3.63) is 22.8 Å². The van der Waals surface area contributed by atoms with Gasteiger partial charge in [-0.2, -0.15) is 0 Å². The summed E-state index contributed by atoms with van der Waals surface area (Å²) in [7, 11) is -0.437. The van der Waals surface area contributed by atoms with Crippen LogP contribution in [0.5, 0.6) is 0 Å². The lowest BCUT2D eigenvalue weighted by Crippen LogP contribution is -2.34. The zero-order chi connectivity index (χ0) is 9.64. The van der Waals surface area contributed by atoms with Gasteiger partial charge in [0.15, 0.2) is 0 Å². The maximum Gasteiger partial charge on any atom is 0.0528 e. The molecule has 13 heavy (non-hydrogen) atoms. The molecular formula is C12H20Si. The van der Waals surface area contributed by atoms with Crippen LogP contribution in [0.3, 0.4) is 0 Å². The van der Waals surface area contributed by atoms with Crippen molar-refractivity contribution in [2.45, 2.75) is 51.2 Å². The molecule has 1 aliphatic heterocycles. The van der Waals surface area contributed by atoms with Crippen molar-refractivity contribution in [3.8, 4) is 0 Å². The summed E-state index contributed by atoms with van der Waals surface area (Å²) in [6, 6.07) is 3.15. The Morgan fingerprint density at radius 1 is 1.23 bits per heavy atom. The lowest BCUT2D eigenvalue weighted by atomic mass is 10.0. The number of hydrogen-bond acceptors (Lipinski definition) is 0. The Hall–Kier alpha value is -0.303. The van der Waals surface area contributed by atoms with Crippen LogP contribution in [0.2, 0.25) is 17.1 Å². The highest BCUT2D eigenvalue weighted by Gasteiger charge is 2.41. The first-order chi connectivity index (χ1) is 6.05. The molecule has 0 aromatic carbocycles. The fourth-order valence-corrected chi connectivity index (χ4v) is 6.13. The second-order valence-electron chi connectivity index (χ2n) is 4.99. The molecule has 0 aromatic rings. The minimum Gasteiger partial charge on any atom is -0.0744 e. The quantitative estimate of drug-likeness (QED) is 0.556. The molecule has 1 unspecified atom stereocenters. The molecule has 2 aliphatic rings. The van der Waals surface area contributed by atoms with Crippen molar-refractivity contribution in [3.63, 3.8) is 0 Å². The van der Waals surface area contributed by atoms with E-state index in [1.165, 1.54) is 6.42 Å². The lowest BCUT2D eigenvalue weighted by Gasteiger charge is -2.39. The van der Waals surface area contributed by atoms with Gasteiger partial charge in [0.1, 0.15) is 0 Å². The molecule has 72 valence electrons. The third kappa shape index (κ3) is 1.17. The molecule has 0 aromatic heterocycles. The van der Waals surface area contributed by atoms with Crippen LogP contribution in [0.15, 0.2) is 22.8 Å². The highest BCUT2D eigenvalue weighted by molar-refractivity contribution is 6.66. The van der Waals surface area contributed by atoms with Crippen LogP contribution in [-0.4, -0.2) is 8.80 Å². The third-order valence-corrected chi connectivity index (χ3v) is 8.94. The van der Waals surface area contributed by atoms with Crippen LogP contribution in [0.4, 0.5) is 0 Å². The molecule has 0 amide bonds. The first-order valence-electron chi connectivity index (χ1n) is 5.43. The molecule has 0 nitrogen and oxygen atoms in total. The van der Waals surface area contributed by atoms with Gasteiger partial charge >= 0.3 is 0 Å². The van der Waals surface area contributed by atoms with E-state index in [0.29, 0.717) is 5.04 Å². The van der Waals surface area contributed by atoms with E-state index in [1.807, 2.05) is 0 Å². The van der Waals surface area contributed by atoms with Gasteiger partial charge in [0.25, 0.3) is 0 Å². The zero-order valence-electron chi connectivity index (χ0n) is 9.28. The molecule has 1 aliphatic carbocycles. The Morgan fingerprint density at radius 3 is 2.15 bits per heavy atom. The van der Waals surface area contributed by atoms with Crippen molar-refractivity contribution in [2.75, 3.05) is 0 Å². The minimum atomic E-state index is -0.437. The van der Waals surface area contributed by atoms with Gasteiger partial charge in [-0.1, -0.05) is 42.7 Å². The van der Waals surface area contributed by atoms with Gasteiger partial charge in [-0.05, 0) is 31.4 Å². The Balaban J connectivity index is 2.34. The average Bonchev–Trinajstić information content (AvgIpc) is 2.12. The summed E-state index contributed by atoms with van der Waals surface area (Å²) in [5.41, 5.74) is 4.79. The Labute approximate surface area is 83.3 Å². The van der Waals surface area contributed by atoms with Crippen molar-refractivity contribution in [2.24, 2.45) is 0 Å². The van der Waals surface area contributed by atoms with E-state index in [4.69, 9.17) is 0 Å². The molecule has 1 heteroatoms. The summed E-state index contributed by atoms with van der Waals surface area (Å²) in [6.45, 7) is 9.41. The molecule has 1 heterocycles. The Kier molecular flexibility index (Phi) is 2.03. The molecule has 0 spiro atoms. The molecule has 0 saturated carbocycles. The van der Waals surface area contributed by atoms with Gasteiger partial charge in [-0.15, -0.1) is 0 Å². The summed E-state index contributed by atoms with van der Waals surface area (Å²) >= 11 is 0. The predicted molar refractivity (Wildman–Crippen MR) is 61.9 cm³/mol. The summed E-state index contributed by atoms with van der Waals surface area (Å²) < 4.78 is 0. The van der Waals surface area contributed by atoms with Crippen LogP contribution in [0.1, 0.15) is 34.1 Å². The molecule has 1 saturated heterocycles. The van der Waals surface area contributed by atoms with E-state index in [-0.39, 0.29) is 0 Å².